The molecule has 1 fully saturated rings. The molecule has 1 aliphatic heterocycles. The van der Waals surface area contributed by atoms with Crippen molar-refractivity contribution in [1.82, 2.24) is 20.8 Å². The Kier molecular flexibility index (Phi) is 12.9. The van der Waals surface area contributed by atoms with E-state index in [9.17, 15) is 14.7 Å². The second kappa shape index (κ2) is 17.7. The molecule has 0 aliphatic carbocycles. The van der Waals surface area contributed by atoms with E-state index in [1.54, 1.807) is 35.7 Å². The number of unbranched alkanes of at least 4 members (excludes halogenated alkanes) is 2. The van der Waals surface area contributed by atoms with Crippen LogP contribution in [0.5, 0.6) is 0 Å². The summed E-state index contributed by atoms with van der Waals surface area (Å²) < 4.78 is 13.1. The van der Waals surface area contributed by atoms with Gasteiger partial charge in [-0.15, -0.1) is 0 Å². The molecule has 0 bridgehead atoms. The lowest BCUT2D eigenvalue weighted by atomic mass is 9.99. The van der Waals surface area contributed by atoms with Gasteiger partial charge in [0.15, 0.2) is 11.4 Å². The Hall–Kier alpha value is -4.13. The van der Waals surface area contributed by atoms with Crippen LogP contribution in [-0.2, 0) is 32.2 Å². The number of thioether (sulfide) groups is 1. The van der Waals surface area contributed by atoms with Crippen molar-refractivity contribution in [2.24, 2.45) is 0 Å². The minimum atomic E-state index is -0.589. The van der Waals surface area contributed by atoms with Crippen LogP contribution in [0.25, 0.3) is 11.1 Å². The van der Waals surface area contributed by atoms with Gasteiger partial charge in [0.1, 0.15) is 0 Å². The average Bonchev–Trinajstić information content (AvgIpc) is 3.13. The number of aliphatic hydroxyl groups excluding tert-OH is 1. The second-order valence-electron chi connectivity index (χ2n) is 11.4. The molecule has 47 heavy (non-hydrogen) atoms. The van der Waals surface area contributed by atoms with Gasteiger partial charge in [-0.2, -0.15) is 0 Å². The topological polar surface area (TPSA) is 143 Å². The molecule has 10 nitrogen and oxygen atoms in total. The summed E-state index contributed by atoms with van der Waals surface area (Å²) in [6.45, 7) is 0.401. The van der Waals surface area contributed by atoms with Gasteiger partial charge >= 0.3 is 0 Å². The SMILES string of the molecule is O=C(CCCCCC(=O)NCc1cccc(-c2cccc([C@H]3O[C@@H](CSc4ncccn4)C[C@@H](c4ccc(CO)cc4)O3)c2)c1)NO. The molecule has 0 unspecified atom stereocenters. The fourth-order valence-corrected chi connectivity index (χ4v) is 6.19. The molecule has 1 aromatic heterocycles. The lowest BCUT2D eigenvalue weighted by Gasteiger charge is -2.36. The molecule has 3 aromatic carbocycles. The lowest BCUT2D eigenvalue weighted by Crippen LogP contribution is -2.31. The molecule has 3 atom stereocenters. The summed E-state index contributed by atoms with van der Waals surface area (Å²) in [6.07, 6.45) is 5.90. The number of benzene rings is 3. The van der Waals surface area contributed by atoms with Crippen LogP contribution >= 0.6 is 11.8 Å². The summed E-state index contributed by atoms with van der Waals surface area (Å²) >= 11 is 1.56. The highest BCUT2D eigenvalue weighted by Crippen LogP contribution is 2.40. The molecule has 11 heteroatoms. The van der Waals surface area contributed by atoms with Crippen LogP contribution in [0, 0.1) is 0 Å². The number of amides is 2. The Balaban J connectivity index is 1.24. The number of hydrogen-bond donors (Lipinski definition) is 4. The Morgan fingerprint density at radius 2 is 1.53 bits per heavy atom. The van der Waals surface area contributed by atoms with E-state index in [2.05, 4.69) is 27.4 Å². The maximum Gasteiger partial charge on any atom is 0.243 e. The van der Waals surface area contributed by atoms with E-state index in [1.807, 2.05) is 60.7 Å². The van der Waals surface area contributed by atoms with Crippen molar-refractivity contribution in [3.63, 3.8) is 0 Å². The molecular weight excluding hydrogens is 616 g/mol. The number of hydrogen-bond acceptors (Lipinski definition) is 9. The van der Waals surface area contributed by atoms with Gasteiger partial charge in [-0.1, -0.05) is 78.8 Å². The zero-order valence-corrected chi connectivity index (χ0v) is 26.9. The van der Waals surface area contributed by atoms with E-state index in [-0.39, 0.29) is 31.1 Å². The van der Waals surface area contributed by atoms with Crippen molar-refractivity contribution in [1.29, 1.82) is 0 Å². The number of ether oxygens (including phenoxy) is 2. The minimum Gasteiger partial charge on any atom is -0.392 e. The molecule has 0 radical (unpaired) electrons. The van der Waals surface area contributed by atoms with E-state index in [1.165, 1.54) is 0 Å². The van der Waals surface area contributed by atoms with Crippen LogP contribution in [0.15, 0.2) is 96.4 Å². The number of hydroxylamine groups is 1. The first-order chi connectivity index (χ1) is 23.0. The molecule has 4 N–H and O–H groups in total. The third kappa shape index (κ3) is 10.4. The highest BCUT2D eigenvalue weighted by Gasteiger charge is 2.32. The van der Waals surface area contributed by atoms with Crippen LogP contribution in [0.2, 0.25) is 0 Å². The first kappa shape index (κ1) is 34.2. The summed E-state index contributed by atoms with van der Waals surface area (Å²) in [6, 6.07) is 25.9. The molecule has 0 spiro atoms. The van der Waals surface area contributed by atoms with Gasteiger partial charge < -0.3 is 19.9 Å². The number of nitrogens with zero attached hydrogens (tertiary/aromatic N) is 2. The van der Waals surface area contributed by atoms with Crippen LogP contribution in [0.1, 0.15) is 73.2 Å². The lowest BCUT2D eigenvalue weighted by molar-refractivity contribution is -0.245. The van der Waals surface area contributed by atoms with Gasteiger partial charge in [0.2, 0.25) is 11.8 Å². The number of carbonyl (C=O) groups excluding carboxylic acids is 2. The molecule has 1 aliphatic rings. The van der Waals surface area contributed by atoms with Crippen molar-refractivity contribution in [3.8, 4) is 11.1 Å². The van der Waals surface area contributed by atoms with Crippen molar-refractivity contribution < 1.29 is 29.4 Å². The van der Waals surface area contributed by atoms with Crippen LogP contribution in [-0.4, -0.2) is 44.0 Å². The van der Waals surface area contributed by atoms with Crippen LogP contribution in [0.4, 0.5) is 0 Å². The van der Waals surface area contributed by atoms with E-state index in [0.29, 0.717) is 43.1 Å². The first-order valence-electron chi connectivity index (χ1n) is 15.8. The first-order valence-corrected chi connectivity index (χ1v) is 16.8. The highest BCUT2D eigenvalue weighted by molar-refractivity contribution is 7.99. The number of nitrogens with one attached hydrogen (secondary N) is 2. The van der Waals surface area contributed by atoms with Crippen LogP contribution in [0.3, 0.4) is 0 Å². The van der Waals surface area contributed by atoms with E-state index >= 15 is 0 Å². The average molecular weight is 657 g/mol. The van der Waals surface area contributed by atoms with E-state index in [4.69, 9.17) is 14.7 Å². The molecule has 5 rings (SSSR count). The normalized spacial score (nSPS) is 17.6. The molecule has 0 saturated carbocycles. The zero-order valence-electron chi connectivity index (χ0n) is 26.1. The molecule has 1 saturated heterocycles. The predicted molar refractivity (Wildman–Crippen MR) is 178 cm³/mol. The third-order valence-corrected chi connectivity index (χ3v) is 8.90. The predicted octanol–water partition coefficient (Wildman–Crippen LogP) is 6.05. The smallest absolute Gasteiger partial charge is 0.243 e. The monoisotopic (exact) mass is 656 g/mol. The minimum absolute atomic E-state index is 0.0106. The number of carbonyl (C=O) groups is 2. The summed E-state index contributed by atoms with van der Waals surface area (Å²) in [5.41, 5.74) is 7.41. The second-order valence-corrected chi connectivity index (χ2v) is 12.4. The van der Waals surface area contributed by atoms with Crippen molar-refractivity contribution >= 4 is 23.6 Å². The fraction of sp³-hybridized carbons (Fsp3) is 0.333. The Labute approximate surface area is 278 Å². The standard InChI is InChI=1S/C36H40N4O6S/c41-23-25-13-15-27(16-14-25)32-21-31(24-47-36-37-17-6-18-38-36)45-35(46-32)30-10-5-9-29(20-30)28-8-4-7-26(19-28)22-39-33(42)11-2-1-3-12-34(43)40-44/h4-10,13-20,31-32,35,41,44H,1-3,11-12,21-24H2,(H,39,42)(H,40,43)/t31-,32+,35+/m1/s1. The summed E-state index contributed by atoms with van der Waals surface area (Å²) in [5, 5.41) is 21.8. The van der Waals surface area contributed by atoms with Gasteiger partial charge in [-0.05, 0) is 58.9 Å². The Morgan fingerprint density at radius 3 is 2.28 bits per heavy atom. The van der Waals surface area contributed by atoms with Gasteiger partial charge in [0.05, 0.1) is 18.8 Å². The van der Waals surface area contributed by atoms with Gasteiger partial charge in [0.25, 0.3) is 0 Å². The molecule has 2 heterocycles. The maximum atomic E-state index is 12.4. The maximum absolute atomic E-state index is 12.4. The molecule has 4 aromatic rings. The van der Waals surface area contributed by atoms with E-state index in [0.717, 1.165) is 39.8 Å². The van der Waals surface area contributed by atoms with Crippen molar-refractivity contribution in [2.45, 2.75) is 75.3 Å². The Morgan fingerprint density at radius 1 is 0.809 bits per heavy atom. The van der Waals surface area contributed by atoms with Crippen LogP contribution < -0.4 is 10.8 Å². The molecule has 246 valence electrons. The largest absolute Gasteiger partial charge is 0.392 e. The van der Waals surface area contributed by atoms with Gasteiger partial charge in [-0.25, -0.2) is 15.4 Å². The quantitative estimate of drug-likeness (QED) is 0.0396. The van der Waals surface area contributed by atoms with Crippen molar-refractivity contribution in [3.05, 3.63) is 114 Å². The number of rotatable bonds is 15. The molecular formula is C36H40N4O6S. The summed E-state index contributed by atoms with van der Waals surface area (Å²) in [4.78, 5) is 32.2. The van der Waals surface area contributed by atoms with Gasteiger partial charge in [0, 0.05) is 49.5 Å². The van der Waals surface area contributed by atoms with Crippen molar-refractivity contribution in [2.75, 3.05) is 5.75 Å². The third-order valence-electron chi connectivity index (χ3n) is 7.90. The number of aliphatic hydroxyl groups is 1. The Bertz CT molecular complexity index is 1590. The fourth-order valence-electron chi connectivity index (χ4n) is 5.37. The zero-order chi connectivity index (χ0) is 32.8. The van der Waals surface area contributed by atoms with E-state index < -0.39 is 12.2 Å². The highest BCUT2D eigenvalue weighted by atomic mass is 32.2. The number of aromatic nitrogens is 2. The molecule has 2 amide bonds. The summed E-state index contributed by atoms with van der Waals surface area (Å²) in [5.74, 6) is 0.219. The summed E-state index contributed by atoms with van der Waals surface area (Å²) in [7, 11) is 0. The van der Waals surface area contributed by atoms with Gasteiger partial charge in [-0.3, -0.25) is 14.8 Å².